The molecule has 0 radical (unpaired) electrons. The van der Waals surface area contributed by atoms with Crippen LogP contribution in [-0.2, 0) is 18.0 Å². The molecule has 2 aromatic carbocycles. The van der Waals surface area contributed by atoms with Gasteiger partial charge in [-0.1, -0.05) is 6.07 Å². The van der Waals surface area contributed by atoms with Gasteiger partial charge in [-0.25, -0.2) is 0 Å². The van der Waals surface area contributed by atoms with Crippen molar-refractivity contribution >= 4 is 33.9 Å². The largest absolute Gasteiger partial charge is 0.479 e. The van der Waals surface area contributed by atoms with Crippen LogP contribution < -0.4 is 26.8 Å². The lowest BCUT2D eigenvalue weighted by atomic mass is 10.1. The van der Waals surface area contributed by atoms with Crippen molar-refractivity contribution in [2.24, 2.45) is 5.73 Å². The first kappa shape index (κ1) is 19.2. The van der Waals surface area contributed by atoms with E-state index in [9.17, 15) is 0 Å². The van der Waals surface area contributed by atoms with Crippen molar-refractivity contribution in [3.63, 3.8) is 0 Å². The number of fused-ring (bicyclic) bond motifs is 2. The van der Waals surface area contributed by atoms with E-state index < -0.39 is 0 Å². The number of nitrogens with two attached hydrogens (primary N) is 2. The lowest BCUT2D eigenvalue weighted by Gasteiger charge is -2.12. The minimum atomic E-state index is 0.123. The zero-order chi connectivity index (χ0) is 21.4. The van der Waals surface area contributed by atoms with Crippen LogP contribution in [0.2, 0.25) is 0 Å². The number of benzene rings is 2. The molecule has 1 aliphatic heterocycles. The summed E-state index contributed by atoms with van der Waals surface area (Å²) in [4.78, 5) is 0. The van der Waals surface area contributed by atoms with Crippen LogP contribution in [0.1, 0.15) is 11.1 Å². The molecule has 0 bridgehead atoms. The van der Waals surface area contributed by atoms with E-state index in [0.29, 0.717) is 30.6 Å². The number of rotatable bonds is 6. The Labute approximate surface area is 179 Å². The maximum atomic E-state index is 6.63. The monoisotopic (exact) mass is 417 g/mol. The van der Waals surface area contributed by atoms with Crippen LogP contribution in [0.25, 0.3) is 16.5 Å². The van der Waals surface area contributed by atoms with Crippen LogP contribution >= 0.6 is 0 Å². The maximum absolute atomic E-state index is 6.63. The summed E-state index contributed by atoms with van der Waals surface area (Å²) in [6.45, 7) is 1.40. The van der Waals surface area contributed by atoms with Crippen LogP contribution in [0.4, 0.5) is 23.1 Å². The van der Waals surface area contributed by atoms with E-state index in [0.717, 1.165) is 28.0 Å². The fourth-order valence-corrected chi connectivity index (χ4v) is 3.95. The third-order valence-electron chi connectivity index (χ3n) is 5.39. The van der Waals surface area contributed by atoms with Gasteiger partial charge in [0.15, 0.2) is 5.82 Å². The van der Waals surface area contributed by atoms with Crippen LogP contribution in [0, 0.1) is 0 Å². The highest BCUT2D eigenvalue weighted by Crippen LogP contribution is 2.39. The highest BCUT2D eigenvalue weighted by Gasteiger charge is 2.20. The molecule has 3 heterocycles. The van der Waals surface area contributed by atoms with E-state index in [1.165, 1.54) is 11.1 Å². The number of anilines is 4. The fourth-order valence-electron chi connectivity index (χ4n) is 3.95. The number of hydrogen-bond acceptors (Lipinski definition) is 8. The topological polar surface area (TPSA) is 125 Å². The van der Waals surface area contributed by atoms with Gasteiger partial charge in [-0.2, -0.15) is 5.10 Å². The van der Waals surface area contributed by atoms with E-state index in [2.05, 4.69) is 33.0 Å². The van der Waals surface area contributed by atoms with Crippen molar-refractivity contribution in [1.29, 1.82) is 0 Å². The third kappa shape index (κ3) is 3.29. The maximum Gasteiger partial charge on any atom is 0.164 e. The first-order valence-corrected chi connectivity index (χ1v) is 9.92. The Balaban J connectivity index is 1.60. The van der Waals surface area contributed by atoms with Gasteiger partial charge >= 0.3 is 0 Å². The Kier molecular flexibility index (Phi) is 4.81. The Hall–Kier alpha value is -3.82. The van der Waals surface area contributed by atoms with E-state index >= 15 is 0 Å². The molecule has 0 saturated heterocycles. The lowest BCUT2D eigenvalue weighted by Crippen LogP contribution is -2.08. The number of nitrogens with one attached hydrogen (secondary N) is 2. The Morgan fingerprint density at radius 2 is 1.94 bits per heavy atom. The van der Waals surface area contributed by atoms with Crippen molar-refractivity contribution in [2.75, 3.05) is 30.1 Å². The summed E-state index contributed by atoms with van der Waals surface area (Å²) in [5, 5.41) is 16.8. The molecule has 0 amide bonds. The van der Waals surface area contributed by atoms with Crippen LogP contribution in [0.5, 0.6) is 5.75 Å². The van der Waals surface area contributed by atoms with Crippen LogP contribution in [0.15, 0.2) is 48.7 Å². The summed E-state index contributed by atoms with van der Waals surface area (Å²) in [7, 11) is 1.85. The first-order valence-electron chi connectivity index (χ1n) is 9.92. The predicted octanol–water partition coefficient (Wildman–Crippen LogP) is 3.11. The summed E-state index contributed by atoms with van der Waals surface area (Å²) in [6.07, 6.45) is 1.71. The quantitative estimate of drug-likeness (QED) is 0.353. The minimum absolute atomic E-state index is 0.123. The van der Waals surface area contributed by atoms with E-state index in [-0.39, 0.29) is 6.73 Å². The molecule has 0 unspecified atom stereocenters. The van der Waals surface area contributed by atoms with Gasteiger partial charge in [-0.15, -0.1) is 5.10 Å². The zero-order valence-corrected chi connectivity index (χ0v) is 17.1. The second kappa shape index (κ2) is 7.78. The molecular weight excluding hydrogens is 394 g/mol. The van der Waals surface area contributed by atoms with Crippen molar-refractivity contribution in [3.05, 3.63) is 59.8 Å². The number of hydrogen-bond donors (Lipinski definition) is 4. The fraction of sp³-hybridized carbons (Fsp3) is 0.182. The molecule has 0 aliphatic carbocycles. The molecule has 4 aromatic rings. The third-order valence-corrected chi connectivity index (χ3v) is 5.39. The molecule has 6 N–H and O–H groups in total. The first-order chi connectivity index (χ1) is 15.2. The number of ether oxygens (including phenoxy) is 2. The average molecular weight is 417 g/mol. The molecule has 158 valence electrons. The van der Waals surface area contributed by atoms with Gasteiger partial charge in [-0.3, -0.25) is 10.3 Å². The van der Waals surface area contributed by atoms with E-state index in [4.69, 9.17) is 20.9 Å². The molecule has 31 heavy (non-hydrogen) atoms. The Bertz CT molecular complexity index is 1250. The molecule has 1 aliphatic rings. The Morgan fingerprint density at radius 3 is 2.71 bits per heavy atom. The average Bonchev–Trinajstić information content (AvgIpc) is 3.37. The van der Waals surface area contributed by atoms with Gasteiger partial charge in [0.25, 0.3) is 0 Å². The lowest BCUT2D eigenvalue weighted by molar-refractivity contribution is 0.134. The standard InChI is InChI=1S/C22H23N7O2/c1-25-22-18-9-26-28-21(27-15-3-2-13-10-30-11-14(13)8-15)19(18)20(24)29(22)16-4-6-17(7-5-16)31-12-23/h2-9,25H,10-12,23-24H2,1H3,(H,27,28). The molecule has 9 heteroatoms. The van der Waals surface area contributed by atoms with Crippen molar-refractivity contribution < 1.29 is 9.47 Å². The molecule has 9 nitrogen and oxygen atoms in total. The van der Waals surface area contributed by atoms with Crippen LogP contribution in [-0.4, -0.2) is 28.5 Å². The molecule has 0 atom stereocenters. The minimum Gasteiger partial charge on any atom is -0.479 e. The molecular formula is C22H23N7O2. The summed E-state index contributed by atoms with van der Waals surface area (Å²) in [6, 6.07) is 13.7. The normalized spacial score (nSPS) is 12.7. The molecule has 5 rings (SSSR count). The summed E-state index contributed by atoms with van der Waals surface area (Å²) in [5.41, 5.74) is 16.3. The Morgan fingerprint density at radius 1 is 1.13 bits per heavy atom. The number of nitrogen functional groups attached to an aromatic ring is 1. The molecule has 0 fully saturated rings. The second-order valence-corrected chi connectivity index (χ2v) is 7.21. The summed E-state index contributed by atoms with van der Waals surface area (Å²) >= 11 is 0. The predicted molar refractivity (Wildman–Crippen MR) is 121 cm³/mol. The summed E-state index contributed by atoms with van der Waals surface area (Å²) < 4.78 is 12.8. The molecule has 0 saturated carbocycles. The van der Waals surface area contributed by atoms with Crippen molar-refractivity contribution in [3.8, 4) is 11.4 Å². The van der Waals surface area contributed by atoms with Gasteiger partial charge in [-0.05, 0) is 47.5 Å². The second-order valence-electron chi connectivity index (χ2n) is 7.21. The number of aromatic nitrogens is 3. The van der Waals surface area contributed by atoms with Crippen molar-refractivity contribution in [2.45, 2.75) is 13.2 Å². The smallest absolute Gasteiger partial charge is 0.164 e. The SMILES string of the molecule is CNc1c2cnnc(Nc3ccc4c(c3)COC4)c2c(N)n1-c1ccc(OCN)cc1. The van der Waals surface area contributed by atoms with Gasteiger partial charge < -0.3 is 25.8 Å². The van der Waals surface area contributed by atoms with Crippen LogP contribution in [0.3, 0.4) is 0 Å². The molecule has 2 aromatic heterocycles. The molecule has 0 spiro atoms. The summed E-state index contributed by atoms with van der Waals surface area (Å²) in [5.74, 6) is 2.65. The van der Waals surface area contributed by atoms with Gasteiger partial charge in [0.1, 0.15) is 24.1 Å². The van der Waals surface area contributed by atoms with E-state index in [1.54, 1.807) is 6.20 Å². The van der Waals surface area contributed by atoms with E-state index in [1.807, 2.05) is 41.9 Å². The van der Waals surface area contributed by atoms with Crippen molar-refractivity contribution in [1.82, 2.24) is 14.8 Å². The zero-order valence-electron chi connectivity index (χ0n) is 17.1. The van der Waals surface area contributed by atoms with Gasteiger partial charge in [0, 0.05) is 18.4 Å². The highest BCUT2D eigenvalue weighted by molar-refractivity contribution is 6.08. The number of nitrogens with zero attached hydrogens (tertiary/aromatic N) is 3. The van der Waals surface area contributed by atoms with Gasteiger partial charge in [0.2, 0.25) is 0 Å². The highest BCUT2D eigenvalue weighted by atomic mass is 16.5. The van der Waals surface area contributed by atoms with Gasteiger partial charge in [0.05, 0.1) is 30.2 Å².